The van der Waals surface area contributed by atoms with Gasteiger partial charge in [-0.25, -0.2) is 4.39 Å². The molecule has 4 nitrogen and oxygen atoms in total. The highest BCUT2D eigenvalue weighted by Gasteiger charge is 2.09. The summed E-state index contributed by atoms with van der Waals surface area (Å²) in [5.74, 6) is 1.39. The normalized spacial score (nSPS) is 11.2. The first-order valence-corrected chi connectivity index (χ1v) is 7.42. The third kappa shape index (κ3) is 4.71. The SMILES string of the molecule is CN=C(NCc1ccc(F)cc1)N(C)Cc1ccccc1OC. The molecule has 0 saturated heterocycles. The van der Waals surface area contributed by atoms with Crippen LogP contribution in [-0.2, 0) is 13.1 Å². The third-order valence-electron chi connectivity index (χ3n) is 3.54. The molecular weight excluding hydrogens is 293 g/mol. The van der Waals surface area contributed by atoms with Gasteiger partial charge in [-0.05, 0) is 23.8 Å². The quantitative estimate of drug-likeness (QED) is 0.680. The van der Waals surface area contributed by atoms with Gasteiger partial charge in [-0.1, -0.05) is 30.3 Å². The molecule has 122 valence electrons. The molecule has 23 heavy (non-hydrogen) atoms. The minimum Gasteiger partial charge on any atom is -0.496 e. The molecule has 0 heterocycles. The second-order valence-corrected chi connectivity index (χ2v) is 5.20. The van der Waals surface area contributed by atoms with E-state index in [0.717, 1.165) is 22.8 Å². The molecule has 0 aromatic heterocycles. The first-order valence-electron chi connectivity index (χ1n) is 7.42. The highest BCUT2D eigenvalue weighted by Crippen LogP contribution is 2.18. The minimum atomic E-state index is -0.230. The number of halogens is 1. The van der Waals surface area contributed by atoms with Gasteiger partial charge in [-0.2, -0.15) is 0 Å². The minimum absolute atomic E-state index is 0.230. The van der Waals surface area contributed by atoms with Crippen LogP contribution in [0.25, 0.3) is 0 Å². The third-order valence-corrected chi connectivity index (χ3v) is 3.54. The number of hydrogen-bond donors (Lipinski definition) is 1. The largest absolute Gasteiger partial charge is 0.496 e. The van der Waals surface area contributed by atoms with Gasteiger partial charge in [0.05, 0.1) is 7.11 Å². The van der Waals surface area contributed by atoms with Crippen molar-refractivity contribution in [2.24, 2.45) is 4.99 Å². The maximum atomic E-state index is 12.9. The summed E-state index contributed by atoms with van der Waals surface area (Å²) in [6.07, 6.45) is 0. The lowest BCUT2D eigenvalue weighted by atomic mass is 10.2. The molecule has 5 heteroatoms. The summed E-state index contributed by atoms with van der Waals surface area (Å²) < 4.78 is 18.3. The molecule has 2 rings (SSSR count). The Bertz CT molecular complexity index is 656. The summed E-state index contributed by atoms with van der Waals surface area (Å²) in [7, 11) is 5.37. The Morgan fingerprint density at radius 2 is 1.87 bits per heavy atom. The van der Waals surface area contributed by atoms with Crippen LogP contribution in [0.1, 0.15) is 11.1 Å². The fourth-order valence-corrected chi connectivity index (χ4v) is 2.33. The molecule has 0 bridgehead atoms. The van der Waals surface area contributed by atoms with Gasteiger partial charge in [0.25, 0.3) is 0 Å². The summed E-state index contributed by atoms with van der Waals surface area (Å²) in [5, 5.41) is 3.28. The summed E-state index contributed by atoms with van der Waals surface area (Å²) >= 11 is 0. The van der Waals surface area contributed by atoms with E-state index < -0.39 is 0 Å². The Kier molecular flexibility index (Phi) is 5.97. The number of aliphatic imine (C=N–C) groups is 1. The summed E-state index contributed by atoms with van der Waals surface area (Å²) in [6, 6.07) is 14.3. The molecule has 2 aromatic rings. The highest BCUT2D eigenvalue weighted by molar-refractivity contribution is 5.79. The lowest BCUT2D eigenvalue weighted by Gasteiger charge is -2.23. The van der Waals surface area contributed by atoms with E-state index in [1.54, 1.807) is 26.3 Å². The van der Waals surface area contributed by atoms with E-state index in [1.807, 2.05) is 36.2 Å². The number of guanidine groups is 1. The zero-order chi connectivity index (χ0) is 16.7. The molecule has 0 unspecified atom stereocenters. The number of hydrogen-bond acceptors (Lipinski definition) is 2. The predicted octanol–water partition coefficient (Wildman–Crippen LogP) is 3.04. The van der Waals surface area contributed by atoms with E-state index in [4.69, 9.17) is 4.74 Å². The molecule has 0 atom stereocenters. The number of para-hydroxylation sites is 1. The maximum Gasteiger partial charge on any atom is 0.193 e. The number of ether oxygens (including phenoxy) is 1. The number of benzene rings is 2. The molecule has 0 aliphatic rings. The van der Waals surface area contributed by atoms with Crippen molar-refractivity contribution < 1.29 is 9.13 Å². The van der Waals surface area contributed by atoms with Gasteiger partial charge in [0.15, 0.2) is 5.96 Å². The van der Waals surface area contributed by atoms with Crippen LogP contribution in [0.15, 0.2) is 53.5 Å². The molecule has 1 N–H and O–H groups in total. The molecular formula is C18H22FN3O. The fourth-order valence-electron chi connectivity index (χ4n) is 2.33. The lowest BCUT2D eigenvalue weighted by molar-refractivity contribution is 0.396. The number of nitrogens with one attached hydrogen (secondary N) is 1. The molecule has 2 aromatic carbocycles. The van der Waals surface area contributed by atoms with Crippen LogP contribution in [0.5, 0.6) is 5.75 Å². The van der Waals surface area contributed by atoms with Crippen LogP contribution < -0.4 is 10.1 Å². The zero-order valence-electron chi connectivity index (χ0n) is 13.7. The number of methoxy groups -OCH3 is 1. The van der Waals surface area contributed by atoms with Gasteiger partial charge in [-0.3, -0.25) is 4.99 Å². The Morgan fingerprint density at radius 3 is 2.52 bits per heavy atom. The van der Waals surface area contributed by atoms with Crippen LogP contribution in [0.3, 0.4) is 0 Å². The van der Waals surface area contributed by atoms with Gasteiger partial charge in [0, 0.05) is 32.7 Å². The van der Waals surface area contributed by atoms with E-state index in [9.17, 15) is 4.39 Å². The fraction of sp³-hybridized carbons (Fsp3) is 0.278. The van der Waals surface area contributed by atoms with E-state index in [2.05, 4.69) is 10.3 Å². The van der Waals surface area contributed by atoms with Crippen molar-refractivity contribution in [3.63, 3.8) is 0 Å². The summed E-state index contributed by atoms with van der Waals surface area (Å²) in [4.78, 5) is 6.30. The monoisotopic (exact) mass is 315 g/mol. The first-order chi connectivity index (χ1) is 11.1. The molecule has 0 radical (unpaired) electrons. The molecule has 0 fully saturated rings. The van der Waals surface area contributed by atoms with Gasteiger partial charge >= 0.3 is 0 Å². The molecule has 0 amide bonds. The van der Waals surface area contributed by atoms with Crippen molar-refractivity contribution in [2.45, 2.75) is 13.1 Å². The Hall–Kier alpha value is -2.56. The van der Waals surface area contributed by atoms with Crippen molar-refractivity contribution in [1.82, 2.24) is 10.2 Å². The summed E-state index contributed by atoms with van der Waals surface area (Å²) in [5.41, 5.74) is 2.08. The Balaban J connectivity index is 1.98. The maximum absolute atomic E-state index is 12.9. The van der Waals surface area contributed by atoms with Crippen molar-refractivity contribution in [2.75, 3.05) is 21.2 Å². The summed E-state index contributed by atoms with van der Waals surface area (Å²) in [6.45, 7) is 1.26. The van der Waals surface area contributed by atoms with Crippen LogP contribution >= 0.6 is 0 Å². The average molecular weight is 315 g/mol. The number of nitrogens with zero attached hydrogens (tertiary/aromatic N) is 2. The first kappa shape index (κ1) is 16.8. The van der Waals surface area contributed by atoms with E-state index >= 15 is 0 Å². The van der Waals surface area contributed by atoms with Crippen molar-refractivity contribution >= 4 is 5.96 Å². The Labute approximate surface area is 136 Å². The van der Waals surface area contributed by atoms with Crippen LogP contribution in [0, 0.1) is 5.82 Å². The second kappa shape index (κ2) is 8.17. The topological polar surface area (TPSA) is 36.9 Å². The molecule has 0 spiro atoms. The van der Waals surface area contributed by atoms with Crippen LogP contribution in [-0.4, -0.2) is 32.1 Å². The van der Waals surface area contributed by atoms with Crippen LogP contribution in [0.2, 0.25) is 0 Å². The van der Waals surface area contributed by atoms with Gasteiger partial charge in [0.2, 0.25) is 0 Å². The molecule has 0 aliphatic carbocycles. The van der Waals surface area contributed by atoms with Crippen LogP contribution in [0.4, 0.5) is 4.39 Å². The molecule has 0 saturated carbocycles. The van der Waals surface area contributed by atoms with E-state index in [-0.39, 0.29) is 5.82 Å². The van der Waals surface area contributed by atoms with E-state index in [1.165, 1.54) is 12.1 Å². The second-order valence-electron chi connectivity index (χ2n) is 5.20. The van der Waals surface area contributed by atoms with Gasteiger partial charge in [0.1, 0.15) is 11.6 Å². The zero-order valence-corrected chi connectivity index (χ0v) is 13.7. The van der Waals surface area contributed by atoms with E-state index in [0.29, 0.717) is 13.1 Å². The predicted molar refractivity (Wildman–Crippen MR) is 91.1 cm³/mol. The smallest absolute Gasteiger partial charge is 0.193 e. The average Bonchev–Trinajstić information content (AvgIpc) is 2.57. The standard InChI is InChI=1S/C18H22FN3O/c1-20-18(21-12-14-8-10-16(19)11-9-14)22(2)13-15-6-4-5-7-17(15)23-3/h4-11H,12-13H2,1-3H3,(H,20,21). The lowest BCUT2D eigenvalue weighted by Crippen LogP contribution is -2.38. The van der Waals surface area contributed by atoms with Gasteiger partial charge in [-0.15, -0.1) is 0 Å². The van der Waals surface area contributed by atoms with Crippen molar-refractivity contribution in [3.05, 3.63) is 65.5 Å². The highest BCUT2D eigenvalue weighted by atomic mass is 19.1. The number of rotatable bonds is 5. The Morgan fingerprint density at radius 1 is 1.17 bits per heavy atom. The van der Waals surface area contributed by atoms with Crippen molar-refractivity contribution in [3.8, 4) is 5.75 Å². The van der Waals surface area contributed by atoms with Crippen molar-refractivity contribution in [1.29, 1.82) is 0 Å². The molecule has 0 aliphatic heterocycles. The van der Waals surface area contributed by atoms with Gasteiger partial charge < -0.3 is 15.0 Å².